The summed E-state index contributed by atoms with van der Waals surface area (Å²) < 4.78 is 10.9. The van der Waals surface area contributed by atoms with E-state index < -0.39 is 12.7 Å². The fourth-order valence-corrected chi connectivity index (χ4v) is 2.16. The number of nitrogens with zero attached hydrogens (tertiary/aromatic N) is 1. The largest absolute Gasteiger partial charge is 0.490 e. The first-order valence-electron chi connectivity index (χ1n) is 6.73. The molecule has 0 saturated carbocycles. The molecule has 0 aliphatic carbocycles. The number of benzene rings is 1. The van der Waals surface area contributed by atoms with Crippen molar-refractivity contribution in [1.29, 1.82) is 0 Å². The van der Waals surface area contributed by atoms with Crippen LogP contribution < -0.4 is 14.4 Å². The summed E-state index contributed by atoms with van der Waals surface area (Å²) in [7, 11) is 0. The predicted molar refractivity (Wildman–Crippen MR) is 74.5 cm³/mol. The highest BCUT2D eigenvalue weighted by Gasteiger charge is 2.30. The van der Waals surface area contributed by atoms with Gasteiger partial charge in [0.25, 0.3) is 5.91 Å². The van der Waals surface area contributed by atoms with Crippen molar-refractivity contribution in [3.63, 3.8) is 0 Å². The van der Waals surface area contributed by atoms with Crippen LogP contribution in [0.2, 0.25) is 0 Å². The van der Waals surface area contributed by atoms with Crippen LogP contribution in [0.15, 0.2) is 12.1 Å². The molecule has 1 aliphatic heterocycles. The Bertz CT molecular complexity index is 518. The highest BCUT2D eigenvalue weighted by molar-refractivity contribution is 5.98. The summed E-state index contributed by atoms with van der Waals surface area (Å²) in [6.45, 7) is 1.36. The Kier molecular flexibility index (Phi) is 5.00. The van der Waals surface area contributed by atoms with Crippen molar-refractivity contribution in [2.75, 3.05) is 31.3 Å². The summed E-state index contributed by atoms with van der Waals surface area (Å²) in [6, 6.07) is 3.26. The third kappa shape index (κ3) is 3.26. The Hall–Kier alpha value is -1.83. The minimum atomic E-state index is -1.05. The summed E-state index contributed by atoms with van der Waals surface area (Å²) in [5.74, 6) is 0.515. The van der Waals surface area contributed by atoms with Gasteiger partial charge in [0, 0.05) is 0 Å². The number of ether oxygens (including phenoxy) is 2. The smallest absolute Gasteiger partial charge is 0.265 e. The molecular formula is C14H19NO6. The van der Waals surface area contributed by atoms with Crippen LogP contribution in [-0.2, 0) is 11.4 Å². The molecule has 1 heterocycles. The average molecular weight is 297 g/mol. The Morgan fingerprint density at radius 3 is 2.81 bits per heavy atom. The van der Waals surface area contributed by atoms with Gasteiger partial charge in [-0.3, -0.25) is 4.79 Å². The van der Waals surface area contributed by atoms with Gasteiger partial charge in [0.1, 0.15) is 0 Å². The highest BCUT2D eigenvalue weighted by atomic mass is 16.5. The van der Waals surface area contributed by atoms with Gasteiger partial charge in [-0.05, 0) is 24.6 Å². The molecule has 7 heteroatoms. The Morgan fingerprint density at radius 2 is 2.19 bits per heavy atom. The van der Waals surface area contributed by atoms with E-state index in [0.717, 1.165) is 0 Å². The molecule has 0 radical (unpaired) electrons. The molecule has 2 rings (SSSR count). The lowest BCUT2D eigenvalue weighted by Gasteiger charge is -2.32. The van der Waals surface area contributed by atoms with E-state index in [1.54, 1.807) is 12.1 Å². The maximum atomic E-state index is 12.0. The van der Waals surface area contributed by atoms with Crippen molar-refractivity contribution in [2.45, 2.75) is 19.6 Å². The monoisotopic (exact) mass is 297 g/mol. The molecule has 1 amide bonds. The quantitative estimate of drug-likeness (QED) is 0.664. The zero-order valence-corrected chi connectivity index (χ0v) is 11.8. The van der Waals surface area contributed by atoms with Crippen LogP contribution in [0.5, 0.6) is 11.5 Å². The van der Waals surface area contributed by atoms with Gasteiger partial charge in [0.15, 0.2) is 18.1 Å². The van der Waals surface area contributed by atoms with Crippen molar-refractivity contribution in [2.24, 2.45) is 0 Å². The molecule has 0 fully saturated rings. The van der Waals surface area contributed by atoms with Crippen LogP contribution in [-0.4, -0.2) is 53.7 Å². The molecule has 116 valence electrons. The Balaban J connectivity index is 2.44. The molecule has 0 aromatic heterocycles. The van der Waals surface area contributed by atoms with Gasteiger partial charge in [-0.2, -0.15) is 0 Å². The topological polar surface area (TPSA) is 99.5 Å². The molecule has 1 aromatic rings. The summed E-state index contributed by atoms with van der Waals surface area (Å²) in [5.41, 5.74) is 0.993. The van der Waals surface area contributed by atoms with Crippen molar-refractivity contribution in [3.05, 3.63) is 17.7 Å². The number of aliphatic hydroxyl groups is 3. The third-order valence-corrected chi connectivity index (χ3v) is 3.11. The second-order valence-corrected chi connectivity index (χ2v) is 4.66. The van der Waals surface area contributed by atoms with Crippen LogP contribution in [0.4, 0.5) is 5.69 Å². The van der Waals surface area contributed by atoms with Crippen LogP contribution in [0.1, 0.15) is 12.5 Å². The fraction of sp³-hybridized carbons (Fsp3) is 0.500. The van der Waals surface area contributed by atoms with Gasteiger partial charge in [0.2, 0.25) is 0 Å². The minimum Gasteiger partial charge on any atom is -0.490 e. The molecule has 1 aliphatic rings. The predicted octanol–water partition coefficient (Wildman–Crippen LogP) is -0.344. The van der Waals surface area contributed by atoms with E-state index in [4.69, 9.17) is 14.6 Å². The maximum absolute atomic E-state index is 12.0. The number of fused-ring (bicyclic) bond motifs is 1. The van der Waals surface area contributed by atoms with Crippen LogP contribution >= 0.6 is 0 Å². The fourth-order valence-electron chi connectivity index (χ4n) is 2.16. The van der Waals surface area contributed by atoms with E-state index in [1.165, 1.54) is 4.90 Å². The van der Waals surface area contributed by atoms with Crippen LogP contribution in [0.3, 0.4) is 0 Å². The molecule has 21 heavy (non-hydrogen) atoms. The lowest BCUT2D eigenvalue weighted by Crippen LogP contribution is -2.44. The van der Waals surface area contributed by atoms with E-state index in [9.17, 15) is 15.0 Å². The lowest BCUT2D eigenvalue weighted by atomic mass is 10.1. The van der Waals surface area contributed by atoms with E-state index in [1.807, 2.05) is 6.92 Å². The first-order valence-corrected chi connectivity index (χ1v) is 6.73. The second-order valence-electron chi connectivity index (χ2n) is 4.66. The van der Waals surface area contributed by atoms with E-state index >= 15 is 0 Å². The molecule has 7 nitrogen and oxygen atoms in total. The number of carbonyl (C=O) groups excluding carboxylic acids is 1. The van der Waals surface area contributed by atoms with Gasteiger partial charge in [-0.15, -0.1) is 0 Å². The average Bonchev–Trinajstić information content (AvgIpc) is 2.49. The molecule has 0 spiro atoms. The highest BCUT2D eigenvalue weighted by Crippen LogP contribution is 2.41. The third-order valence-electron chi connectivity index (χ3n) is 3.11. The standard InChI is InChI=1S/C14H19NO6/c1-2-20-12-4-9(6-16)3-11-14(12)21-8-13(19)15(11)5-10(18)7-17/h3-4,10,16-18H,2,5-8H2,1H3. The Morgan fingerprint density at radius 1 is 1.43 bits per heavy atom. The van der Waals surface area contributed by atoms with Gasteiger partial charge < -0.3 is 29.7 Å². The van der Waals surface area contributed by atoms with Crippen molar-refractivity contribution in [3.8, 4) is 11.5 Å². The van der Waals surface area contributed by atoms with Crippen molar-refractivity contribution >= 4 is 11.6 Å². The minimum absolute atomic E-state index is 0.0495. The number of amides is 1. The first-order chi connectivity index (χ1) is 10.1. The number of rotatable bonds is 6. The molecule has 3 N–H and O–H groups in total. The number of hydrogen-bond acceptors (Lipinski definition) is 6. The number of anilines is 1. The summed E-state index contributed by atoms with van der Waals surface area (Å²) in [5, 5.41) is 27.9. The summed E-state index contributed by atoms with van der Waals surface area (Å²) in [6.07, 6.45) is -1.05. The summed E-state index contributed by atoms with van der Waals surface area (Å²) in [4.78, 5) is 13.3. The molecule has 1 unspecified atom stereocenters. The number of hydrogen-bond donors (Lipinski definition) is 3. The molecule has 1 atom stereocenters. The second kappa shape index (κ2) is 6.75. The molecule has 1 aromatic carbocycles. The SMILES string of the molecule is CCOc1cc(CO)cc2c1OCC(=O)N2CC(O)CO. The van der Waals surface area contributed by atoms with Gasteiger partial charge >= 0.3 is 0 Å². The van der Waals surface area contributed by atoms with E-state index in [0.29, 0.717) is 29.4 Å². The first kappa shape index (κ1) is 15.6. The van der Waals surface area contributed by atoms with E-state index in [-0.39, 0.29) is 25.7 Å². The lowest BCUT2D eigenvalue weighted by molar-refractivity contribution is -0.121. The van der Waals surface area contributed by atoms with Crippen molar-refractivity contribution < 1.29 is 29.6 Å². The van der Waals surface area contributed by atoms with Gasteiger partial charge in [0.05, 0.1) is 38.2 Å². The van der Waals surface area contributed by atoms with Gasteiger partial charge in [-0.25, -0.2) is 0 Å². The zero-order valence-electron chi connectivity index (χ0n) is 11.8. The molecule has 0 bridgehead atoms. The maximum Gasteiger partial charge on any atom is 0.265 e. The zero-order chi connectivity index (χ0) is 15.4. The van der Waals surface area contributed by atoms with Crippen molar-refractivity contribution in [1.82, 2.24) is 0 Å². The van der Waals surface area contributed by atoms with E-state index in [2.05, 4.69) is 0 Å². The molecule has 0 saturated heterocycles. The number of carbonyl (C=O) groups is 1. The van der Waals surface area contributed by atoms with Crippen LogP contribution in [0.25, 0.3) is 0 Å². The normalized spacial score (nSPS) is 15.4. The van der Waals surface area contributed by atoms with Crippen LogP contribution in [0, 0.1) is 0 Å². The Labute approximate surface area is 122 Å². The summed E-state index contributed by atoms with van der Waals surface area (Å²) >= 11 is 0. The molecular weight excluding hydrogens is 278 g/mol. The van der Waals surface area contributed by atoms with Gasteiger partial charge in [-0.1, -0.05) is 0 Å². The number of β-amino-alcohol motifs (C(OH)–C–C–N with tert-alkyl or cyclic N) is 1. The number of aliphatic hydroxyl groups excluding tert-OH is 3.